The molecule has 0 aromatic carbocycles. The second-order valence-corrected chi connectivity index (χ2v) is 6.85. The number of hydrogen-bond acceptors (Lipinski definition) is 5. The Morgan fingerprint density at radius 2 is 1.93 bits per heavy atom. The van der Waals surface area contributed by atoms with Crippen LogP contribution in [-0.2, 0) is 20.1 Å². The molecule has 9 heteroatoms. The monoisotopic (exact) mass is 438 g/mol. The predicted octanol–water partition coefficient (Wildman–Crippen LogP) is 1.67. The number of halogens is 1. The lowest BCUT2D eigenvalue weighted by molar-refractivity contribution is 0.646. The van der Waals surface area contributed by atoms with E-state index in [2.05, 4.69) is 42.7 Å². The van der Waals surface area contributed by atoms with Gasteiger partial charge in [0.2, 0.25) is 0 Å². The largest absolute Gasteiger partial charge is 0.332 e. The third kappa shape index (κ3) is 2.92. The molecule has 0 N–H and O–H groups in total. The van der Waals surface area contributed by atoms with Gasteiger partial charge in [0.05, 0.1) is 29.8 Å². The molecule has 0 saturated heterocycles. The number of fused-ring (bicyclic) bond motifs is 2. The minimum absolute atomic E-state index is 0.0501. The fourth-order valence-electron chi connectivity index (χ4n) is 3.04. The van der Waals surface area contributed by atoms with E-state index in [0.29, 0.717) is 33.7 Å². The summed E-state index contributed by atoms with van der Waals surface area (Å²) in [6, 6.07) is 7.22. The number of rotatable bonds is 3. The number of pyridine rings is 2. The summed E-state index contributed by atoms with van der Waals surface area (Å²) >= 11 is 3.35. The van der Waals surface area contributed by atoms with Gasteiger partial charge in [-0.3, -0.25) is 18.9 Å². The van der Waals surface area contributed by atoms with Crippen molar-refractivity contribution in [2.24, 2.45) is 7.05 Å². The molecule has 4 rings (SSSR count). The molecule has 28 heavy (non-hydrogen) atoms. The Kier molecular flexibility index (Phi) is 4.57. The highest BCUT2D eigenvalue weighted by molar-refractivity contribution is 9.10. The van der Waals surface area contributed by atoms with Gasteiger partial charge in [-0.15, -0.1) is 5.92 Å². The maximum Gasteiger partial charge on any atom is 0.332 e. The summed E-state index contributed by atoms with van der Waals surface area (Å²) in [6.45, 7) is 2.07. The Hall–Kier alpha value is -3.25. The van der Waals surface area contributed by atoms with Crippen LogP contribution in [0.4, 0.5) is 0 Å². The van der Waals surface area contributed by atoms with Crippen molar-refractivity contribution in [3.8, 4) is 11.8 Å². The van der Waals surface area contributed by atoms with Crippen LogP contribution < -0.4 is 11.2 Å². The minimum Gasteiger partial charge on any atom is -0.301 e. The van der Waals surface area contributed by atoms with E-state index in [4.69, 9.17) is 0 Å². The normalized spacial score (nSPS) is 11.0. The molecule has 0 saturated carbocycles. The first-order chi connectivity index (χ1) is 13.5. The molecule has 8 nitrogen and oxygen atoms in total. The van der Waals surface area contributed by atoms with Crippen molar-refractivity contribution in [3.63, 3.8) is 0 Å². The second-order valence-electron chi connectivity index (χ2n) is 6.14. The summed E-state index contributed by atoms with van der Waals surface area (Å²) in [5.41, 5.74) is 1.80. The quantitative estimate of drug-likeness (QED) is 0.358. The molecular formula is C19H15BrN6O2. The van der Waals surface area contributed by atoms with Crippen molar-refractivity contribution in [3.05, 3.63) is 61.7 Å². The van der Waals surface area contributed by atoms with E-state index in [1.54, 1.807) is 36.9 Å². The summed E-state index contributed by atoms with van der Waals surface area (Å²) in [5, 5.41) is 0. The Bertz CT molecular complexity index is 1400. The zero-order valence-corrected chi connectivity index (χ0v) is 16.8. The van der Waals surface area contributed by atoms with Crippen molar-refractivity contribution >= 4 is 38.1 Å². The molecule has 4 aromatic heterocycles. The average Bonchev–Trinajstić information content (AvgIpc) is 3.04. The van der Waals surface area contributed by atoms with Gasteiger partial charge < -0.3 is 4.57 Å². The van der Waals surface area contributed by atoms with E-state index in [-0.39, 0.29) is 6.54 Å². The number of aryl methyl sites for hydroxylation is 1. The van der Waals surface area contributed by atoms with Crippen LogP contribution in [0.1, 0.15) is 12.6 Å². The van der Waals surface area contributed by atoms with E-state index >= 15 is 0 Å². The first-order valence-corrected chi connectivity index (χ1v) is 9.26. The number of imidazole rings is 1. The first-order valence-electron chi connectivity index (χ1n) is 8.47. The molecule has 4 aromatic rings. The lowest BCUT2D eigenvalue weighted by Gasteiger charge is -2.09. The molecule has 0 aliphatic rings. The molecule has 0 fully saturated rings. The topological polar surface area (TPSA) is 87.6 Å². The van der Waals surface area contributed by atoms with Crippen molar-refractivity contribution in [2.45, 2.75) is 20.0 Å². The van der Waals surface area contributed by atoms with Gasteiger partial charge in [-0.2, -0.15) is 0 Å². The fourth-order valence-corrected chi connectivity index (χ4v) is 3.51. The molecule has 0 bridgehead atoms. The summed E-state index contributed by atoms with van der Waals surface area (Å²) in [7, 11) is 1.59. The van der Waals surface area contributed by atoms with E-state index in [0.717, 1.165) is 10.1 Å². The van der Waals surface area contributed by atoms with E-state index in [1.165, 1.54) is 4.57 Å². The van der Waals surface area contributed by atoms with Gasteiger partial charge in [0, 0.05) is 13.2 Å². The van der Waals surface area contributed by atoms with Gasteiger partial charge in [0.1, 0.15) is 0 Å². The zero-order chi connectivity index (χ0) is 19.8. The van der Waals surface area contributed by atoms with Crippen LogP contribution in [0.5, 0.6) is 0 Å². The van der Waals surface area contributed by atoms with E-state index in [9.17, 15) is 9.59 Å². The summed E-state index contributed by atoms with van der Waals surface area (Å²) < 4.78 is 4.63. The average molecular weight is 439 g/mol. The Morgan fingerprint density at radius 3 is 2.71 bits per heavy atom. The number of hydrogen-bond donors (Lipinski definition) is 0. The van der Waals surface area contributed by atoms with Gasteiger partial charge in [-0.05, 0) is 47.1 Å². The van der Waals surface area contributed by atoms with Crippen molar-refractivity contribution in [1.29, 1.82) is 0 Å². The highest BCUT2D eigenvalue weighted by Gasteiger charge is 2.19. The molecule has 0 aliphatic heterocycles. The minimum atomic E-state index is -0.454. The highest BCUT2D eigenvalue weighted by atomic mass is 79.9. The Labute approximate surface area is 167 Å². The first kappa shape index (κ1) is 18.1. The van der Waals surface area contributed by atoms with E-state index in [1.807, 2.05) is 12.1 Å². The lowest BCUT2D eigenvalue weighted by atomic mass is 10.2. The van der Waals surface area contributed by atoms with Crippen molar-refractivity contribution < 1.29 is 0 Å². The number of aromatic nitrogens is 6. The van der Waals surface area contributed by atoms with E-state index < -0.39 is 11.2 Å². The van der Waals surface area contributed by atoms with Crippen LogP contribution in [-0.4, -0.2) is 28.7 Å². The van der Waals surface area contributed by atoms with Crippen molar-refractivity contribution in [1.82, 2.24) is 28.7 Å². The maximum atomic E-state index is 13.1. The number of nitrogens with zero attached hydrogens (tertiary/aromatic N) is 6. The predicted molar refractivity (Wildman–Crippen MR) is 109 cm³/mol. The molecule has 0 amide bonds. The standard InChI is InChI=1S/C19H15BrN6O2/c1-3-4-10-25-15-16(23-18(25)20)24(2)19(28)26(17(15)27)11-12-7-8-13-14(22-12)6-5-9-21-13/h5-9H,10-11H2,1-2H3. The van der Waals surface area contributed by atoms with Gasteiger partial charge in [-0.25, -0.2) is 14.8 Å². The lowest BCUT2D eigenvalue weighted by Crippen LogP contribution is -2.40. The van der Waals surface area contributed by atoms with Crippen LogP contribution in [0, 0.1) is 11.8 Å². The van der Waals surface area contributed by atoms with Gasteiger partial charge in [-0.1, -0.05) is 5.92 Å². The second kappa shape index (κ2) is 7.05. The molecule has 0 unspecified atom stereocenters. The maximum absolute atomic E-state index is 13.1. The summed E-state index contributed by atoms with van der Waals surface area (Å²) in [4.78, 5) is 39.0. The van der Waals surface area contributed by atoms with Gasteiger partial charge in [0.15, 0.2) is 15.9 Å². The van der Waals surface area contributed by atoms with Crippen LogP contribution in [0.25, 0.3) is 22.2 Å². The summed E-state index contributed by atoms with van der Waals surface area (Å²) in [6.07, 6.45) is 1.69. The Balaban J connectivity index is 1.91. The smallest absolute Gasteiger partial charge is 0.301 e. The fraction of sp³-hybridized carbons (Fsp3) is 0.211. The molecule has 0 spiro atoms. The molecule has 0 radical (unpaired) electrons. The molecule has 4 heterocycles. The van der Waals surface area contributed by atoms with Crippen LogP contribution in [0.2, 0.25) is 0 Å². The van der Waals surface area contributed by atoms with Crippen LogP contribution in [0.15, 0.2) is 44.8 Å². The van der Waals surface area contributed by atoms with Crippen molar-refractivity contribution in [2.75, 3.05) is 0 Å². The van der Waals surface area contributed by atoms with Gasteiger partial charge in [0.25, 0.3) is 5.56 Å². The van der Waals surface area contributed by atoms with Crippen LogP contribution in [0.3, 0.4) is 0 Å². The zero-order valence-electron chi connectivity index (χ0n) is 15.2. The Morgan fingerprint density at radius 1 is 1.11 bits per heavy atom. The molecule has 140 valence electrons. The molecule has 0 atom stereocenters. The van der Waals surface area contributed by atoms with Gasteiger partial charge >= 0.3 is 5.69 Å². The third-order valence-electron chi connectivity index (χ3n) is 4.43. The third-order valence-corrected chi connectivity index (χ3v) is 5.04. The molecule has 0 aliphatic carbocycles. The SMILES string of the molecule is CC#CCn1c(Br)nc2c1c(=O)n(Cc1ccc3ncccc3n1)c(=O)n2C. The highest BCUT2D eigenvalue weighted by Crippen LogP contribution is 2.16. The molecular weight excluding hydrogens is 424 g/mol. The summed E-state index contributed by atoms with van der Waals surface area (Å²) in [5.74, 6) is 5.72. The van der Waals surface area contributed by atoms with Crippen LogP contribution >= 0.6 is 15.9 Å².